The van der Waals surface area contributed by atoms with Crippen molar-refractivity contribution in [2.75, 3.05) is 32.1 Å². The third-order valence-electron chi connectivity index (χ3n) is 7.17. The predicted octanol–water partition coefficient (Wildman–Crippen LogP) is 2.34. The Bertz CT molecular complexity index is 825. The molecule has 0 radical (unpaired) electrons. The lowest BCUT2D eigenvalue weighted by molar-refractivity contribution is -0.166. The van der Waals surface area contributed by atoms with E-state index in [9.17, 15) is 9.90 Å². The minimum Gasteiger partial charge on any atom is -0.497 e. The summed E-state index contributed by atoms with van der Waals surface area (Å²) in [6.07, 6.45) is 4.02. The largest absolute Gasteiger partial charge is 0.497 e. The number of carbonyl (C=O) groups is 1. The van der Waals surface area contributed by atoms with Gasteiger partial charge in [-0.15, -0.1) is 0 Å². The lowest BCUT2D eigenvalue weighted by atomic mass is 9.58. The summed E-state index contributed by atoms with van der Waals surface area (Å²) in [5.41, 5.74) is 2.22. The van der Waals surface area contributed by atoms with Crippen molar-refractivity contribution >= 4 is 11.7 Å². The van der Waals surface area contributed by atoms with E-state index in [0.717, 1.165) is 30.9 Å². The van der Waals surface area contributed by atoms with Crippen LogP contribution in [0.3, 0.4) is 0 Å². The number of hydrogen-bond acceptors (Lipinski definition) is 6. The highest BCUT2D eigenvalue weighted by Crippen LogP contribution is 2.60. The third-order valence-corrected chi connectivity index (χ3v) is 7.17. The molecule has 0 bridgehead atoms. The maximum absolute atomic E-state index is 11.8. The number of likely N-dealkylation sites (N-methyl/N-ethyl adjacent to an activating group) is 1. The Kier molecular flexibility index (Phi) is 5.11. The molecule has 1 aliphatic carbocycles. The van der Waals surface area contributed by atoms with Crippen molar-refractivity contribution < 1.29 is 19.4 Å². The molecule has 3 aliphatic heterocycles. The van der Waals surface area contributed by atoms with Crippen LogP contribution in [0.15, 0.2) is 30.4 Å². The van der Waals surface area contributed by atoms with E-state index in [4.69, 9.17) is 9.47 Å². The van der Waals surface area contributed by atoms with Gasteiger partial charge in [0.15, 0.2) is 0 Å². The van der Waals surface area contributed by atoms with Crippen molar-refractivity contribution in [1.29, 1.82) is 0 Å². The average Bonchev–Trinajstić information content (AvgIpc) is 3.24. The summed E-state index contributed by atoms with van der Waals surface area (Å²) >= 11 is 0. The van der Waals surface area contributed by atoms with Gasteiger partial charge in [0.05, 0.1) is 13.2 Å². The Hall–Kier alpha value is -2.05. The van der Waals surface area contributed by atoms with Crippen LogP contribution in [0.4, 0.5) is 5.69 Å². The minimum atomic E-state index is -0.749. The molecule has 0 aromatic heterocycles. The summed E-state index contributed by atoms with van der Waals surface area (Å²) < 4.78 is 11.1. The number of methoxy groups -OCH3 is 1. The maximum atomic E-state index is 11.8. The summed E-state index contributed by atoms with van der Waals surface area (Å²) in [5.74, 6) is 0.476. The van der Waals surface area contributed by atoms with Crippen LogP contribution >= 0.6 is 0 Å². The lowest BCUT2D eigenvalue weighted by Gasteiger charge is -2.54. The van der Waals surface area contributed by atoms with Crippen LogP contribution in [-0.2, 0) is 14.9 Å². The molecule has 158 valence electrons. The van der Waals surface area contributed by atoms with Crippen LogP contribution in [0.25, 0.3) is 0 Å². The van der Waals surface area contributed by atoms with Gasteiger partial charge in [-0.1, -0.05) is 32.1 Å². The Morgan fingerprint density at radius 1 is 1.28 bits per heavy atom. The van der Waals surface area contributed by atoms with Gasteiger partial charge in [-0.05, 0) is 24.6 Å². The van der Waals surface area contributed by atoms with Crippen LogP contribution < -0.4 is 9.64 Å². The molecule has 1 aromatic carbocycles. The Morgan fingerprint density at radius 3 is 2.72 bits per heavy atom. The van der Waals surface area contributed by atoms with Gasteiger partial charge >= 0.3 is 5.97 Å². The van der Waals surface area contributed by atoms with Crippen LogP contribution in [0, 0.1) is 5.92 Å². The van der Waals surface area contributed by atoms with E-state index in [-0.39, 0.29) is 29.4 Å². The minimum absolute atomic E-state index is 0.00199. The number of ether oxygens (including phenoxy) is 2. The zero-order valence-corrected chi connectivity index (χ0v) is 18.0. The number of anilines is 1. The highest BCUT2D eigenvalue weighted by atomic mass is 16.6. The van der Waals surface area contributed by atoms with Crippen LogP contribution in [0.5, 0.6) is 5.75 Å². The van der Waals surface area contributed by atoms with E-state index < -0.39 is 12.2 Å². The number of esters is 1. The second-order valence-corrected chi connectivity index (χ2v) is 8.24. The summed E-state index contributed by atoms with van der Waals surface area (Å²) in [4.78, 5) is 16.5. The van der Waals surface area contributed by atoms with Gasteiger partial charge in [-0.2, -0.15) is 0 Å². The molecular formula is C23H32N2O4. The van der Waals surface area contributed by atoms with Gasteiger partial charge in [0, 0.05) is 49.6 Å². The smallest absolute Gasteiger partial charge is 0.303 e. The molecule has 6 nitrogen and oxygen atoms in total. The van der Waals surface area contributed by atoms with E-state index in [0.29, 0.717) is 0 Å². The summed E-state index contributed by atoms with van der Waals surface area (Å²) in [6, 6.07) is 6.35. The van der Waals surface area contributed by atoms with Crippen molar-refractivity contribution in [3.63, 3.8) is 0 Å². The zero-order chi connectivity index (χ0) is 20.9. The van der Waals surface area contributed by atoms with E-state index in [2.05, 4.69) is 34.1 Å². The van der Waals surface area contributed by atoms with Crippen molar-refractivity contribution in [2.24, 2.45) is 5.92 Å². The molecule has 3 unspecified atom stereocenters. The molecule has 6 heteroatoms. The lowest BCUT2D eigenvalue weighted by Crippen LogP contribution is -2.69. The van der Waals surface area contributed by atoms with Gasteiger partial charge in [0.1, 0.15) is 18.0 Å². The number of fused-ring (bicyclic) bond motifs is 1. The van der Waals surface area contributed by atoms with Gasteiger partial charge in [0.25, 0.3) is 0 Å². The molecule has 1 saturated carbocycles. The molecule has 3 heterocycles. The fraction of sp³-hybridized carbons (Fsp3) is 0.609. The van der Waals surface area contributed by atoms with E-state index in [1.807, 2.05) is 27.0 Å². The van der Waals surface area contributed by atoms with E-state index in [1.165, 1.54) is 12.5 Å². The van der Waals surface area contributed by atoms with Crippen LogP contribution in [0.2, 0.25) is 0 Å². The molecule has 0 amide bonds. The Morgan fingerprint density at radius 2 is 2.03 bits per heavy atom. The van der Waals surface area contributed by atoms with Crippen LogP contribution in [0.1, 0.15) is 32.8 Å². The fourth-order valence-electron chi connectivity index (χ4n) is 6.36. The van der Waals surface area contributed by atoms with Crippen molar-refractivity contribution in [1.82, 2.24) is 4.90 Å². The zero-order valence-electron chi connectivity index (χ0n) is 18.0. The van der Waals surface area contributed by atoms with E-state index >= 15 is 0 Å². The maximum Gasteiger partial charge on any atom is 0.303 e. The number of aliphatic hydroxyl groups is 1. The average molecular weight is 401 g/mol. The van der Waals surface area contributed by atoms with Crippen LogP contribution in [-0.4, -0.2) is 67.5 Å². The highest BCUT2D eigenvalue weighted by molar-refractivity contribution is 5.70. The normalized spacial score (nSPS) is 36.5. The van der Waals surface area contributed by atoms with Gasteiger partial charge in [-0.3, -0.25) is 9.69 Å². The van der Waals surface area contributed by atoms with Crippen molar-refractivity contribution in [3.05, 3.63) is 35.9 Å². The Balaban J connectivity index is 0.000000994. The molecule has 2 fully saturated rings. The van der Waals surface area contributed by atoms with E-state index in [1.54, 1.807) is 7.11 Å². The number of hydrogen-bond donors (Lipinski definition) is 1. The quantitative estimate of drug-likeness (QED) is 0.607. The van der Waals surface area contributed by atoms with Gasteiger partial charge < -0.3 is 19.5 Å². The topological polar surface area (TPSA) is 62.2 Å². The molecular weight excluding hydrogens is 368 g/mol. The first-order chi connectivity index (χ1) is 14.0. The standard InChI is InChI=1S/C21H26N2O4.C2H6/c1-12(24)27-18-14-5-4-9-23-10-8-21(19(14)23)15-7-6-13(26-3)11-16(15)22(2)20(21)17(18)25;1-2/h4-7,11,14,17-20,25H,8-10H2,1-3H3;1-2H3/t14?,17-,18?,19?,20+,21-;/m1./s1. The molecule has 4 aliphatic rings. The predicted molar refractivity (Wildman–Crippen MR) is 112 cm³/mol. The molecule has 1 spiro atoms. The molecule has 29 heavy (non-hydrogen) atoms. The number of benzene rings is 1. The monoisotopic (exact) mass is 400 g/mol. The highest BCUT2D eigenvalue weighted by Gasteiger charge is 2.68. The molecule has 1 N–H and O–H groups in total. The second-order valence-electron chi connectivity index (χ2n) is 8.24. The first kappa shape index (κ1) is 20.2. The first-order valence-electron chi connectivity index (χ1n) is 10.7. The van der Waals surface area contributed by atoms with Gasteiger partial charge in [-0.25, -0.2) is 0 Å². The number of rotatable bonds is 2. The molecule has 1 saturated heterocycles. The molecule has 1 aromatic rings. The summed E-state index contributed by atoms with van der Waals surface area (Å²) in [7, 11) is 3.71. The fourth-order valence-corrected chi connectivity index (χ4v) is 6.36. The number of nitrogens with zero attached hydrogens (tertiary/aromatic N) is 2. The van der Waals surface area contributed by atoms with Crippen molar-refractivity contribution in [2.45, 2.75) is 56.9 Å². The second kappa shape index (κ2) is 7.33. The first-order valence-corrected chi connectivity index (χ1v) is 10.7. The number of aliphatic hydroxyl groups excluding tert-OH is 1. The van der Waals surface area contributed by atoms with Gasteiger partial charge in [0.2, 0.25) is 0 Å². The molecule has 6 atom stereocenters. The van der Waals surface area contributed by atoms with Crippen molar-refractivity contribution in [3.8, 4) is 5.75 Å². The summed E-state index contributed by atoms with van der Waals surface area (Å²) in [5, 5.41) is 11.4. The SMILES string of the molecule is CC.COc1ccc2c(c1)N(C)[C@H]1[C@H](O)C(OC(C)=O)C3C=CCN4CC[C@]21C34. The molecule has 5 rings (SSSR count). The third kappa shape index (κ3) is 2.65. The number of carbonyl (C=O) groups excluding carboxylic acids is 1. The Labute approximate surface area is 173 Å². The summed E-state index contributed by atoms with van der Waals surface area (Å²) in [6.45, 7) is 7.32.